The van der Waals surface area contributed by atoms with E-state index in [0.29, 0.717) is 20.9 Å². The predicted octanol–water partition coefficient (Wildman–Crippen LogP) is 4.45. The molecule has 1 aromatic rings. The second-order valence-electron chi connectivity index (χ2n) is 5.10. The van der Waals surface area contributed by atoms with Gasteiger partial charge in [-0.05, 0) is 53.4 Å². The molecule has 0 aromatic heterocycles. The molecule has 0 radical (unpaired) electrons. The minimum atomic E-state index is -3.44. The summed E-state index contributed by atoms with van der Waals surface area (Å²) >= 11 is 9.24. The Bertz CT molecular complexity index is 577. The van der Waals surface area contributed by atoms with Crippen molar-refractivity contribution < 1.29 is 8.42 Å². The fourth-order valence-corrected chi connectivity index (χ4v) is 5.09. The third-order valence-electron chi connectivity index (χ3n) is 3.79. The van der Waals surface area contributed by atoms with Gasteiger partial charge in [-0.2, -0.15) is 4.31 Å². The average molecular weight is 381 g/mol. The minimum Gasteiger partial charge on any atom is -0.207 e. The molecule has 1 saturated heterocycles. The number of nitrogens with zero attached hydrogens (tertiary/aromatic N) is 1. The molecule has 1 aliphatic heterocycles. The van der Waals surface area contributed by atoms with E-state index < -0.39 is 10.0 Å². The quantitative estimate of drug-likeness (QED) is 0.777. The molecule has 1 atom stereocenters. The number of hydrogen-bond donors (Lipinski definition) is 0. The Morgan fingerprint density at radius 2 is 2.10 bits per heavy atom. The molecule has 1 aliphatic rings. The van der Waals surface area contributed by atoms with Gasteiger partial charge in [-0.25, -0.2) is 8.42 Å². The van der Waals surface area contributed by atoms with Crippen molar-refractivity contribution in [2.75, 3.05) is 6.54 Å². The molecule has 1 heterocycles. The Hall–Kier alpha value is -0.100. The number of halogens is 2. The van der Waals surface area contributed by atoms with Gasteiger partial charge in [0.2, 0.25) is 10.0 Å². The number of hydrogen-bond acceptors (Lipinski definition) is 2. The standard InChI is InChI=1S/C14H19BrClNO2S/c1-2-11-6-4-3-5-9-17(11)20(18,19)12-7-8-14(16)13(15)10-12/h7-8,10-11H,2-6,9H2,1H3. The van der Waals surface area contributed by atoms with Crippen molar-refractivity contribution in [3.8, 4) is 0 Å². The smallest absolute Gasteiger partial charge is 0.207 e. The normalized spacial score (nSPS) is 21.6. The summed E-state index contributed by atoms with van der Waals surface area (Å²) in [4.78, 5) is 0.314. The highest BCUT2D eigenvalue weighted by molar-refractivity contribution is 9.10. The lowest BCUT2D eigenvalue weighted by Crippen LogP contribution is -2.39. The third kappa shape index (κ3) is 3.38. The van der Waals surface area contributed by atoms with Crippen molar-refractivity contribution in [2.45, 2.75) is 50.0 Å². The average Bonchev–Trinajstić information content (AvgIpc) is 2.67. The molecule has 0 saturated carbocycles. The van der Waals surface area contributed by atoms with E-state index in [1.54, 1.807) is 22.5 Å². The zero-order valence-corrected chi connectivity index (χ0v) is 14.6. The molecule has 1 fully saturated rings. The van der Waals surface area contributed by atoms with Crippen LogP contribution in [-0.4, -0.2) is 25.3 Å². The van der Waals surface area contributed by atoms with Crippen molar-refractivity contribution in [3.05, 3.63) is 27.7 Å². The van der Waals surface area contributed by atoms with Gasteiger partial charge in [0, 0.05) is 17.1 Å². The molecular weight excluding hydrogens is 362 g/mol. The molecule has 20 heavy (non-hydrogen) atoms. The fourth-order valence-electron chi connectivity index (χ4n) is 2.65. The van der Waals surface area contributed by atoms with Gasteiger partial charge in [0.05, 0.1) is 9.92 Å². The molecule has 2 rings (SSSR count). The monoisotopic (exact) mass is 379 g/mol. The van der Waals surface area contributed by atoms with Crippen LogP contribution in [0.5, 0.6) is 0 Å². The maximum atomic E-state index is 12.8. The molecule has 0 N–H and O–H groups in total. The highest BCUT2D eigenvalue weighted by Crippen LogP contribution is 2.30. The summed E-state index contributed by atoms with van der Waals surface area (Å²) in [5.41, 5.74) is 0. The molecule has 0 bridgehead atoms. The number of sulfonamides is 1. The second kappa shape index (κ2) is 6.77. The Balaban J connectivity index is 2.38. The van der Waals surface area contributed by atoms with Crippen LogP contribution in [0, 0.1) is 0 Å². The van der Waals surface area contributed by atoms with Gasteiger partial charge >= 0.3 is 0 Å². The van der Waals surface area contributed by atoms with Crippen LogP contribution in [0.15, 0.2) is 27.6 Å². The van der Waals surface area contributed by atoms with Crippen LogP contribution in [0.1, 0.15) is 39.0 Å². The first kappa shape index (κ1) is 16.3. The zero-order valence-electron chi connectivity index (χ0n) is 11.5. The first-order chi connectivity index (χ1) is 9.46. The molecule has 3 nitrogen and oxygen atoms in total. The van der Waals surface area contributed by atoms with Crippen LogP contribution in [0.4, 0.5) is 0 Å². The lowest BCUT2D eigenvalue weighted by Gasteiger charge is -2.28. The van der Waals surface area contributed by atoms with Crippen molar-refractivity contribution in [1.82, 2.24) is 4.31 Å². The van der Waals surface area contributed by atoms with Gasteiger partial charge in [0.1, 0.15) is 0 Å². The largest absolute Gasteiger partial charge is 0.243 e. The van der Waals surface area contributed by atoms with Crippen LogP contribution >= 0.6 is 27.5 Å². The second-order valence-corrected chi connectivity index (χ2v) is 8.26. The summed E-state index contributed by atoms with van der Waals surface area (Å²) < 4.78 is 28.0. The lowest BCUT2D eigenvalue weighted by atomic mass is 10.1. The molecular formula is C14H19BrClNO2S. The molecule has 6 heteroatoms. The van der Waals surface area contributed by atoms with Crippen molar-refractivity contribution >= 4 is 37.6 Å². The van der Waals surface area contributed by atoms with Gasteiger partial charge < -0.3 is 0 Å². The number of benzene rings is 1. The Morgan fingerprint density at radius 3 is 2.75 bits per heavy atom. The lowest BCUT2D eigenvalue weighted by molar-refractivity contribution is 0.315. The van der Waals surface area contributed by atoms with Crippen LogP contribution in [0.25, 0.3) is 0 Å². The van der Waals surface area contributed by atoms with E-state index in [1.807, 2.05) is 0 Å². The maximum Gasteiger partial charge on any atom is 0.243 e. The summed E-state index contributed by atoms with van der Waals surface area (Å²) in [7, 11) is -3.44. The van der Waals surface area contributed by atoms with E-state index in [2.05, 4.69) is 22.9 Å². The van der Waals surface area contributed by atoms with Gasteiger partial charge in [-0.3, -0.25) is 0 Å². The minimum absolute atomic E-state index is 0.108. The third-order valence-corrected chi connectivity index (χ3v) is 6.95. The van der Waals surface area contributed by atoms with Gasteiger partial charge in [0.25, 0.3) is 0 Å². The summed E-state index contributed by atoms with van der Waals surface area (Å²) in [6.45, 7) is 2.66. The molecule has 0 aliphatic carbocycles. The summed E-state index contributed by atoms with van der Waals surface area (Å²) in [5.74, 6) is 0. The van der Waals surface area contributed by atoms with Crippen molar-refractivity contribution in [3.63, 3.8) is 0 Å². The predicted molar refractivity (Wildman–Crippen MR) is 85.6 cm³/mol. The summed E-state index contributed by atoms with van der Waals surface area (Å²) in [5, 5.41) is 0.520. The Labute approximate surface area is 134 Å². The van der Waals surface area contributed by atoms with Crippen LogP contribution in [0.3, 0.4) is 0 Å². The summed E-state index contributed by atoms with van der Waals surface area (Å²) in [6.07, 6.45) is 4.95. The van der Waals surface area contributed by atoms with Crippen LogP contribution in [-0.2, 0) is 10.0 Å². The van der Waals surface area contributed by atoms with Gasteiger partial charge in [-0.15, -0.1) is 0 Å². The van der Waals surface area contributed by atoms with Crippen LogP contribution in [0.2, 0.25) is 5.02 Å². The molecule has 0 spiro atoms. The molecule has 0 amide bonds. The first-order valence-electron chi connectivity index (χ1n) is 6.93. The van der Waals surface area contributed by atoms with E-state index in [4.69, 9.17) is 11.6 Å². The van der Waals surface area contributed by atoms with E-state index in [1.165, 1.54) is 0 Å². The van der Waals surface area contributed by atoms with Crippen molar-refractivity contribution in [2.24, 2.45) is 0 Å². The summed E-state index contributed by atoms with van der Waals surface area (Å²) in [6, 6.07) is 4.91. The topological polar surface area (TPSA) is 37.4 Å². The number of rotatable bonds is 3. The Morgan fingerprint density at radius 1 is 1.35 bits per heavy atom. The van der Waals surface area contributed by atoms with Gasteiger partial charge in [-0.1, -0.05) is 31.4 Å². The fraction of sp³-hybridized carbons (Fsp3) is 0.571. The van der Waals surface area contributed by atoms with E-state index >= 15 is 0 Å². The highest BCUT2D eigenvalue weighted by Gasteiger charge is 2.31. The van der Waals surface area contributed by atoms with E-state index in [9.17, 15) is 8.42 Å². The van der Waals surface area contributed by atoms with Crippen molar-refractivity contribution in [1.29, 1.82) is 0 Å². The maximum absolute atomic E-state index is 12.8. The Kier molecular flexibility index (Phi) is 5.51. The molecule has 1 unspecified atom stereocenters. The zero-order chi connectivity index (χ0) is 14.8. The first-order valence-corrected chi connectivity index (χ1v) is 9.55. The van der Waals surface area contributed by atoms with Crippen LogP contribution < -0.4 is 0 Å². The molecule has 1 aromatic carbocycles. The molecule has 112 valence electrons. The SMILES string of the molecule is CCC1CCCCCN1S(=O)(=O)c1ccc(Cl)c(Br)c1. The van der Waals surface area contributed by atoms with E-state index in [-0.39, 0.29) is 6.04 Å². The van der Waals surface area contributed by atoms with Gasteiger partial charge in [0.15, 0.2) is 0 Å². The van der Waals surface area contributed by atoms with E-state index in [0.717, 1.165) is 32.1 Å². The highest BCUT2D eigenvalue weighted by atomic mass is 79.9.